The largest absolute Gasteiger partial charge is 0.493 e. The molecule has 3 rings (SSSR count). The van der Waals surface area contributed by atoms with Crippen molar-refractivity contribution in [1.82, 2.24) is 0 Å². The lowest BCUT2D eigenvalue weighted by atomic mass is 9.88. The molecule has 0 radical (unpaired) electrons. The van der Waals surface area contributed by atoms with Crippen LogP contribution in [0.1, 0.15) is 35.8 Å². The Bertz CT molecular complexity index is 430. The van der Waals surface area contributed by atoms with Crippen LogP contribution in [-0.2, 0) is 0 Å². The van der Waals surface area contributed by atoms with Crippen LogP contribution in [0, 0.1) is 0 Å². The van der Waals surface area contributed by atoms with Crippen molar-refractivity contribution < 1.29 is 9.47 Å². The van der Waals surface area contributed by atoms with Gasteiger partial charge in [0.15, 0.2) is 11.5 Å². The van der Waals surface area contributed by atoms with Gasteiger partial charge in [0.25, 0.3) is 0 Å². The van der Waals surface area contributed by atoms with Crippen LogP contribution >= 0.6 is 0 Å². The van der Waals surface area contributed by atoms with Crippen LogP contribution in [0.2, 0.25) is 0 Å². The second-order valence-corrected chi connectivity index (χ2v) is 4.77. The fourth-order valence-corrected chi connectivity index (χ4v) is 3.27. The van der Waals surface area contributed by atoms with Gasteiger partial charge >= 0.3 is 0 Å². The third-order valence-electron chi connectivity index (χ3n) is 4.04. The Morgan fingerprint density at radius 3 is 2.31 bits per heavy atom. The number of methoxy groups -OCH3 is 2. The summed E-state index contributed by atoms with van der Waals surface area (Å²) >= 11 is 0. The lowest BCUT2D eigenvalue weighted by Gasteiger charge is -2.22. The van der Waals surface area contributed by atoms with Crippen LogP contribution in [0.5, 0.6) is 11.5 Å². The highest BCUT2D eigenvalue weighted by Crippen LogP contribution is 2.54. The van der Waals surface area contributed by atoms with E-state index in [1.165, 1.54) is 17.5 Å². The van der Waals surface area contributed by atoms with Crippen molar-refractivity contribution >= 4 is 0 Å². The van der Waals surface area contributed by atoms with Crippen molar-refractivity contribution in [2.75, 3.05) is 14.2 Å². The number of rotatable bonds is 2. The first-order chi connectivity index (χ1) is 7.74. The molecule has 86 valence electrons. The van der Waals surface area contributed by atoms with E-state index in [1.54, 1.807) is 14.2 Å². The normalized spacial score (nSPS) is 30.3. The molecule has 3 nitrogen and oxygen atoms in total. The maximum atomic E-state index is 6.12. The zero-order valence-electron chi connectivity index (χ0n) is 9.69. The predicted octanol–water partition coefficient (Wildman–Crippen LogP) is 2.01. The molecule has 0 aliphatic heterocycles. The second kappa shape index (κ2) is 3.39. The van der Waals surface area contributed by atoms with Crippen molar-refractivity contribution in [2.24, 2.45) is 5.73 Å². The summed E-state index contributed by atoms with van der Waals surface area (Å²) in [5.74, 6) is 2.82. The molecule has 2 aliphatic rings. The minimum Gasteiger partial charge on any atom is -0.493 e. The van der Waals surface area contributed by atoms with Crippen LogP contribution in [0.4, 0.5) is 0 Å². The Kier molecular flexibility index (Phi) is 2.11. The van der Waals surface area contributed by atoms with Crippen molar-refractivity contribution in [1.29, 1.82) is 0 Å². The molecule has 3 heteroatoms. The number of hydrogen-bond donors (Lipinski definition) is 1. The first kappa shape index (κ1) is 9.97. The van der Waals surface area contributed by atoms with Gasteiger partial charge < -0.3 is 15.2 Å². The number of nitrogens with two attached hydrogens (primary N) is 1. The average molecular weight is 219 g/mol. The van der Waals surface area contributed by atoms with Gasteiger partial charge in [-0.05, 0) is 42.0 Å². The lowest BCUT2D eigenvalue weighted by molar-refractivity contribution is 0.353. The Morgan fingerprint density at radius 2 is 1.69 bits per heavy atom. The van der Waals surface area contributed by atoms with Gasteiger partial charge in [-0.25, -0.2) is 0 Å². The Labute approximate surface area is 95.5 Å². The summed E-state index contributed by atoms with van der Waals surface area (Å²) in [7, 11) is 3.36. The molecule has 2 N–H and O–H groups in total. The first-order valence-corrected chi connectivity index (χ1v) is 5.76. The van der Waals surface area contributed by atoms with Crippen LogP contribution in [0.15, 0.2) is 12.1 Å². The fourth-order valence-electron chi connectivity index (χ4n) is 3.27. The summed E-state index contributed by atoms with van der Waals surface area (Å²) in [6.45, 7) is 0. The molecule has 0 saturated heterocycles. The second-order valence-electron chi connectivity index (χ2n) is 4.77. The Morgan fingerprint density at radius 1 is 1.06 bits per heavy atom. The molecule has 0 amide bonds. The molecule has 2 aliphatic carbocycles. The van der Waals surface area contributed by atoms with E-state index in [4.69, 9.17) is 15.2 Å². The molecule has 0 spiro atoms. The monoisotopic (exact) mass is 219 g/mol. The molecule has 16 heavy (non-hydrogen) atoms. The van der Waals surface area contributed by atoms with Crippen LogP contribution in [-0.4, -0.2) is 20.3 Å². The van der Waals surface area contributed by atoms with Crippen LogP contribution in [0.3, 0.4) is 0 Å². The molecule has 1 aromatic carbocycles. The van der Waals surface area contributed by atoms with Crippen molar-refractivity contribution in [2.45, 2.75) is 30.7 Å². The molecule has 0 unspecified atom stereocenters. The van der Waals surface area contributed by atoms with E-state index in [-0.39, 0.29) is 0 Å². The van der Waals surface area contributed by atoms with Crippen molar-refractivity contribution in [3.63, 3.8) is 0 Å². The average Bonchev–Trinajstić information content (AvgIpc) is 2.84. The van der Waals surface area contributed by atoms with Gasteiger partial charge in [0.1, 0.15) is 0 Å². The molecule has 0 heterocycles. The SMILES string of the molecule is COc1cc2c(cc1OC)[C@@H]1C[C@H]2C[C@@H]1N. The predicted molar refractivity (Wildman–Crippen MR) is 62.2 cm³/mol. The minimum absolute atomic E-state index is 0.329. The quantitative estimate of drug-likeness (QED) is 0.827. The topological polar surface area (TPSA) is 44.5 Å². The van der Waals surface area contributed by atoms with E-state index >= 15 is 0 Å². The molecule has 1 saturated carbocycles. The Hall–Kier alpha value is -1.22. The van der Waals surface area contributed by atoms with E-state index in [1.807, 2.05) is 0 Å². The zero-order valence-corrected chi connectivity index (χ0v) is 9.69. The highest BCUT2D eigenvalue weighted by atomic mass is 16.5. The molecule has 1 aromatic rings. The van der Waals surface area contributed by atoms with Gasteiger partial charge in [0.2, 0.25) is 0 Å². The van der Waals surface area contributed by atoms with Gasteiger partial charge in [-0.2, -0.15) is 0 Å². The van der Waals surface area contributed by atoms with Crippen LogP contribution in [0.25, 0.3) is 0 Å². The molecule has 0 aromatic heterocycles. The van der Waals surface area contributed by atoms with Gasteiger partial charge in [0, 0.05) is 12.0 Å². The van der Waals surface area contributed by atoms with E-state index in [9.17, 15) is 0 Å². The van der Waals surface area contributed by atoms with Crippen molar-refractivity contribution in [3.8, 4) is 11.5 Å². The lowest BCUT2D eigenvalue weighted by Crippen LogP contribution is -2.25. The summed E-state index contributed by atoms with van der Waals surface area (Å²) < 4.78 is 10.7. The van der Waals surface area contributed by atoms with E-state index in [0.717, 1.165) is 17.9 Å². The summed E-state index contributed by atoms with van der Waals surface area (Å²) in [5.41, 5.74) is 8.92. The number of fused-ring (bicyclic) bond motifs is 5. The van der Waals surface area contributed by atoms with Gasteiger partial charge in [-0.15, -0.1) is 0 Å². The molecule has 2 bridgehead atoms. The number of ether oxygens (including phenoxy) is 2. The van der Waals surface area contributed by atoms with Crippen LogP contribution < -0.4 is 15.2 Å². The molecular formula is C13H17NO2. The van der Waals surface area contributed by atoms with Crippen molar-refractivity contribution in [3.05, 3.63) is 23.3 Å². The summed E-state index contributed by atoms with van der Waals surface area (Å²) in [6, 6.07) is 4.57. The Balaban J connectivity index is 2.11. The number of hydrogen-bond acceptors (Lipinski definition) is 3. The smallest absolute Gasteiger partial charge is 0.161 e. The van der Waals surface area contributed by atoms with Gasteiger partial charge in [-0.3, -0.25) is 0 Å². The summed E-state index contributed by atoms with van der Waals surface area (Å²) in [5, 5.41) is 0. The zero-order chi connectivity index (χ0) is 11.3. The highest BCUT2D eigenvalue weighted by Gasteiger charge is 2.42. The highest BCUT2D eigenvalue weighted by molar-refractivity contribution is 5.54. The molecule has 3 atom stereocenters. The van der Waals surface area contributed by atoms with E-state index < -0.39 is 0 Å². The van der Waals surface area contributed by atoms with Gasteiger partial charge in [-0.1, -0.05) is 0 Å². The van der Waals surface area contributed by atoms with E-state index in [0.29, 0.717) is 17.9 Å². The summed E-state index contributed by atoms with van der Waals surface area (Å²) in [6.07, 6.45) is 2.32. The minimum atomic E-state index is 0.329. The maximum absolute atomic E-state index is 6.12. The summed E-state index contributed by atoms with van der Waals surface area (Å²) in [4.78, 5) is 0. The third-order valence-corrected chi connectivity index (χ3v) is 4.04. The first-order valence-electron chi connectivity index (χ1n) is 5.76. The third kappa shape index (κ3) is 1.18. The maximum Gasteiger partial charge on any atom is 0.161 e. The molecular weight excluding hydrogens is 202 g/mol. The fraction of sp³-hybridized carbons (Fsp3) is 0.538. The molecule has 1 fully saturated rings. The number of benzene rings is 1. The standard InChI is InChI=1S/C13H17NO2/c1-15-12-5-8-7-3-10(11(14)4-7)9(8)6-13(12)16-2/h5-7,10-11H,3-4,14H2,1-2H3/t7-,10-,11-/m0/s1. The van der Waals surface area contributed by atoms with Gasteiger partial charge in [0.05, 0.1) is 14.2 Å². The van der Waals surface area contributed by atoms with E-state index in [2.05, 4.69) is 12.1 Å².